The van der Waals surface area contributed by atoms with Crippen molar-refractivity contribution in [1.29, 1.82) is 0 Å². The van der Waals surface area contributed by atoms with Crippen LogP contribution in [0.4, 0.5) is 0 Å². The molecule has 1 aromatic heterocycles. The minimum Gasteiger partial charge on any atom is -0.311 e. The number of aromatic nitrogens is 1. The van der Waals surface area contributed by atoms with Crippen molar-refractivity contribution in [2.45, 2.75) is 57.3 Å². The molecule has 3 nitrogen and oxygen atoms in total. The van der Waals surface area contributed by atoms with E-state index in [0.29, 0.717) is 0 Å². The van der Waals surface area contributed by atoms with Crippen molar-refractivity contribution in [2.24, 2.45) is 0 Å². The summed E-state index contributed by atoms with van der Waals surface area (Å²) in [5.41, 5.74) is 2.43. The summed E-state index contributed by atoms with van der Waals surface area (Å²) in [7, 11) is 2.26. The van der Waals surface area contributed by atoms with Crippen LogP contribution >= 0.6 is 12.4 Å². The first-order valence-corrected chi connectivity index (χ1v) is 7.08. The molecule has 19 heavy (non-hydrogen) atoms. The van der Waals surface area contributed by atoms with E-state index in [2.05, 4.69) is 34.4 Å². The van der Waals surface area contributed by atoms with E-state index in [9.17, 15) is 0 Å². The molecule has 106 valence electrons. The summed E-state index contributed by atoms with van der Waals surface area (Å²) in [6.07, 6.45) is 7.39. The highest BCUT2D eigenvalue weighted by Gasteiger charge is 2.34. The van der Waals surface area contributed by atoms with Gasteiger partial charge in [0.25, 0.3) is 0 Å². The van der Waals surface area contributed by atoms with Crippen molar-refractivity contribution >= 4 is 12.4 Å². The lowest BCUT2D eigenvalue weighted by Gasteiger charge is -2.35. The molecule has 1 aromatic rings. The molecule has 2 aliphatic rings. The Hall–Kier alpha value is -0.640. The molecule has 2 atom stereocenters. The molecule has 2 fully saturated rings. The average Bonchev–Trinajstić information content (AvgIpc) is 2.71. The molecule has 1 N–H and O–H groups in total. The number of hydrogen-bond acceptors (Lipinski definition) is 3. The van der Waals surface area contributed by atoms with Crippen LogP contribution in [0.15, 0.2) is 18.3 Å². The molecular weight excluding hydrogens is 258 g/mol. The molecule has 3 rings (SSSR count). The van der Waals surface area contributed by atoms with Gasteiger partial charge in [-0.1, -0.05) is 6.07 Å². The quantitative estimate of drug-likeness (QED) is 0.923. The van der Waals surface area contributed by atoms with E-state index in [4.69, 9.17) is 0 Å². The van der Waals surface area contributed by atoms with Gasteiger partial charge in [0, 0.05) is 36.6 Å². The Morgan fingerprint density at radius 1 is 1.26 bits per heavy atom. The molecule has 2 aliphatic heterocycles. The van der Waals surface area contributed by atoms with Gasteiger partial charge in [0.05, 0.1) is 0 Å². The van der Waals surface area contributed by atoms with Gasteiger partial charge in [-0.15, -0.1) is 12.4 Å². The first kappa shape index (κ1) is 14.8. The van der Waals surface area contributed by atoms with Crippen molar-refractivity contribution < 1.29 is 0 Å². The van der Waals surface area contributed by atoms with Gasteiger partial charge in [-0.25, -0.2) is 0 Å². The van der Waals surface area contributed by atoms with Crippen LogP contribution in [0.25, 0.3) is 0 Å². The molecule has 0 saturated carbocycles. The highest BCUT2D eigenvalue weighted by atomic mass is 35.5. The molecule has 2 bridgehead atoms. The summed E-state index contributed by atoms with van der Waals surface area (Å²) >= 11 is 0. The lowest BCUT2D eigenvalue weighted by atomic mass is 9.98. The number of piperidine rings is 1. The Labute approximate surface area is 122 Å². The molecule has 2 unspecified atom stereocenters. The summed E-state index contributed by atoms with van der Waals surface area (Å²) in [6.45, 7) is 3.06. The summed E-state index contributed by atoms with van der Waals surface area (Å²) in [6, 6.07) is 6.59. The zero-order valence-electron chi connectivity index (χ0n) is 11.8. The van der Waals surface area contributed by atoms with E-state index in [-0.39, 0.29) is 12.4 Å². The maximum absolute atomic E-state index is 4.38. The van der Waals surface area contributed by atoms with Crippen LogP contribution in [0.5, 0.6) is 0 Å². The van der Waals surface area contributed by atoms with Crippen molar-refractivity contribution in [3.05, 3.63) is 29.6 Å². The number of hydrogen-bond donors (Lipinski definition) is 1. The van der Waals surface area contributed by atoms with Gasteiger partial charge in [0.1, 0.15) is 0 Å². The van der Waals surface area contributed by atoms with Crippen LogP contribution < -0.4 is 5.32 Å². The van der Waals surface area contributed by atoms with Gasteiger partial charge in [-0.3, -0.25) is 9.88 Å². The number of nitrogens with zero attached hydrogens (tertiary/aromatic N) is 2. The Balaban J connectivity index is 0.00000133. The number of nitrogens with one attached hydrogen (secondary N) is 1. The molecule has 4 heteroatoms. The molecular formula is C15H24ClN3. The van der Waals surface area contributed by atoms with Gasteiger partial charge in [0.15, 0.2) is 0 Å². The second kappa shape index (κ2) is 6.21. The average molecular weight is 282 g/mol. The first-order chi connectivity index (χ1) is 8.70. The van der Waals surface area contributed by atoms with E-state index in [1.54, 1.807) is 0 Å². The standard InChI is InChI=1S/C15H23N3.ClH/c1-11-3-4-12(9-16-11)10-18(2)15-7-13-5-6-14(8-15)17-13;/h3-4,9,13-15,17H,5-8,10H2,1-2H3;1H. The van der Waals surface area contributed by atoms with Crippen LogP contribution in [0.2, 0.25) is 0 Å². The van der Waals surface area contributed by atoms with Crippen LogP contribution in [0.3, 0.4) is 0 Å². The van der Waals surface area contributed by atoms with Gasteiger partial charge in [-0.05, 0) is 51.3 Å². The topological polar surface area (TPSA) is 28.2 Å². The zero-order chi connectivity index (χ0) is 12.5. The lowest BCUT2D eigenvalue weighted by Crippen LogP contribution is -2.46. The number of rotatable bonds is 3. The SMILES string of the molecule is Cc1ccc(CN(C)C2CC3CCC(C2)N3)cn1.Cl. The Kier molecular flexibility index (Phi) is 4.82. The van der Waals surface area contributed by atoms with Crippen molar-refractivity contribution in [3.8, 4) is 0 Å². The van der Waals surface area contributed by atoms with Crippen molar-refractivity contribution in [2.75, 3.05) is 7.05 Å². The minimum absolute atomic E-state index is 0. The predicted molar refractivity (Wildman–Crippen MR) is 80.7 cm³/mol. The van der Waals surface area contributed by atoms with E-state index >= 15 is 0 Å². The molecule has 0 aliphatic carbocycles. The fourth-order valence-corrected chi connectivity index (χ4v) is 3.40. The van der Waals surface area contributed by atoms with Crippen LogP contribution in [-0.2, 0) is 6.54 Å². The zero-order valence-corrected chi connectivity index (χ0v) is 12.6. The van der Waals surface area contributed by atoms with Gasteiger partial charge < -0.3 is 5.32 Å². The Morgan fingerprint density at radius 2 is 1.95 bits per heavy atom. The lowest BCUT2D eigenvalue weighted by molar-refractivity contribution is 0.166. The van der Waals surface area contributed by atoms with Gasteiger partial charge >= 0.3 is 0 Å². The van der Waals surface area contributed by atoms with Crippen LogP contribution in [0.1, 0.15) is 36.9 Å². The third-order valence-electron chi connectivity index (χ3n) is 4.48. The number of pyridine rings is 1. The molecule has 0 aromatic carbocycles. The van der Waals surface area contributed by atoms with Crippen molar-refractivity contribution in [1.82, 2.24) is 15.2 Å². The summed E-state index contributed by atoms with van der Waals surface area (Å²) < 4.78 is 0. The normalized spacial score (nSPS) is 29.3. The fourth-order valence-electron chi connectivity index (χ4n) is 3.40. The Bertz CT molecular complexity index is 394. The van der Waals surface area contributed by atoms with Crippen molar-refractivity contribution in [3.63, 3.8) is 0 Å². The third kappa shape index (κ3) is 3.47. The smallest absolute Gasteiger partial charge is 0.0372 e. The summed E-state index contributed by atoms with van der Waals surface area (Å²) in [5.74, 6) is 0. The number of fused-ring (bicyclic) bond motifs is 2. The summed E-state index contributed by atoms with van der Waals surface area (Å²) in [5, 5.41) is 3.71. The molecule has 2 saturated heterocycles. The molecule has 0 amide bonds. The molecule has 0 radical (unpaired) electrons. The van der Waals surface area contributed by atoms with Gasteiger partial charge in [-0.2, -0.15) is 0 Å². The highest BCUT2D eigenvalue weighted by Crippen LogP contribution is 2.29. The number of halogens is 1. The predicted octanol–water partition coefficient (Wildman–Crippen LogP) is 2.53. The van der Waals surface area contributed by atoms with E-state index < -0.39 is 0 Å². The maximum atomic E-state index is 4.38. The first-order valence-electron chi connectivity index (χ1n) is 7.08. The summed E-state index contributed by atoms with van der Waals surface area (Å²) in [4.78, 5) is 6.89. The largest absolute Gasteiger partial charge is 0.311 e. The van der Waals surface area contributed by atoms with E-state index in [0.717, 1.165) is 30.4 Å². The monoisotopic (exact) mass is 281 g/mol. The minimum atomic E-state index is 0. The Morgan fingerprint density at radius 3 is 2.53 bits per heavy atom. The van der Waals surface area contributed by atoms with E-state index in [1.807, 2.05) is 13.1 Å². The second-order valence-electron chi connectivity index (χ2n) is 5.99. The maximum Gasteiger partial charge on any atom is 0.0372 e. The highest BCUT2D eigenvalue weighted by molar-refractivity contribution is 5.85. The molecule has 3 heterocycles. The van der Waals surface area contributed by atoms with Crippen LogP contribution in [0, 0.1) is 6.92 Å². The van der Waals surface area contributed by atoms with E-state index in [1.165, 1.54) is 31.2 Å². The molecule has 0 spiro atoms. The second-order valence-corrected chi connectivity index (χ2v) is 5.99. The van der Waals surface area contributed by atoms with Gasteiger partial charge in [0.2, 0.25) is 0 Å². The fraction of sp³-hybridized carbons (Fsp3) is 0.667. The third-order valence-corrected chi connectivity index (χ3v) is 4.48. The van der Waals surface area contributed by atoms with Crippen LogP contribution in [-0.4, -0.2) is 35.1 Å². The number of aryl methyl sites for hydroxylation is 1.